The number of allylic oxidation sites excluding steroid dienone is 2. The predicted octanol–water partition coefficient (Wildman–Crippen LogP) is 5.92. The highest BCUT2D eigenvalue weighted by molar-refractivity contribution is 8.08. The average molecular weight is 845 g/mol. The fourth-order valence-electron chi connectivity index (χ4n) is 7.87. The molecule has 3 N–H and O–H groups in total. The van der Waals surface area contributed by atoms with Crippen LogP contribution in [0.3, 0.4) is 0 Å². The van der Waals surface area contributed by atoms with Crippen LogP contribution in [0.15, 0.2) is 73.3 Å². The monoisotopic (exact) mass is 844 g/mol. The van der Waals surface area contributed by atoms with Gasteiger partial charge in [0.1, 0.15) is 35.5 Å². The highest BCUT2D eigenvalue weighted by Gasteiger charge is 2.54. The molecule has 3 atom stereocenters. The molecule has 2 aromatic carbocycles. The molecule has 0 spiro atoms. The average Bonchev–Trinajstić information content (AvgIpc) is 3.60. The molecule has 2 aliphatic carbocycles. The van der Waals surface area contributed by atoms with Crippen molar-refractivity contribution in [3.8, 4) is 5.88 Å². The molecular formula is C43H52N6O8S2. The van der Waals surface area contributed by atoms with Crippen molar-refractivity contribution < 1.29 is 37.1 Å². The van der Waals surface area contributed by atoms with Crippen molar-refractivity contribution in [2.75, 3.05) is 12.3 Å². The largest absolute Gasteiger partial charge is 0.471 e. The summed E-state index contributed by atoms with van der Waals surface area (Å²) in [4.78, 5) is 67.9. The van der Waals surface area contributed by atoms with Crippen LogP contribution in [-0.2, 0) is 34.9 Å². The number of ether oxygens (including phenoxy) is 2. The van der Waals surface area contributed by atoms with Gasteiger partial charge in [-0.1, -0.05) is 67.5 Å². The van der Waals surface area contributed by atoms with E-state index in [0.717, 1.165) is 62.0 Å². The van der Waals surface area contributed by atoms with Crippen molar-refractivity contribution in [1.82, 2.24) is 30.2 Å². The Labute approximate surface area is 349 Å². The Morgan fingerprint density at radius 2 is 1.69 bits per heavy atom. The fraction of sp³-hybridized carbons (Fsp3) is 0.488. The number of alkyl carbamates (subject to hydrolysis) is 1. The maximum atomic E-state index is 14.7. The molecule has 3 fully saturated rings. The van der Waals surface area contributed by atoms with Crippen molar-refractivity contribution in [3.63, 3.8) is 0 Å². The van der Waals surface area contributed by atoms with Crippen LogP contribution >= 0.6 is 11.8 Å². The molecule has 14 nitrogen and oxygen atoms in total. The quantitative estimate of drug-likeness (QED) is 0.102. The van der Waals surface area contributed by atoms with Crippen LogP contribution in [0.25, 0.3) is 15.9 Å². The first-order valence-electron chi connectivity index (χ1n) is 20.6. The van der Waals surface area contributed by atoms with E-state index in [1.54, 1.807) is 42.1 Å². The van der Waals surface area contributed by atoms with Crippen LogP contribution in [0.2, 0.25) is 0 Å². The Balaban J connectivity index is 1.13. The number of nitrogens with one attached hydrogen (secondary N) is 3. The molecule has 0 bridgehead atoms. The van der Waals surface area contributed by atoms with Crippen molar-refractivity contribution in [2.24, 2.45) is 0 Å². The number of thioether (sulfide) groups is 1. The van der Waals surface area contributed by atoms with E-state index in [2.05, 4.69) is 28.0 Å². The van der Waals surface area contributed by atoms with E-state index in [1.807, 2.05) is 30.3 Å². The Morgan fingerprint density at radius 1 is 0.966 bits per heavy atom. The lowest BCUT2D eigenvalue weighted by atomic mass is 10.0. The van der Waals surface area contributed by atoms with Gasteiger partial charge in [0.05, 0.1) is 23.3 Å². The molecule has 0 unspecified atom stereocenters. The van der Waals surface area contributed by atoms with E-state index in [9.17, 15) is 27.6 Å². The standard InChI is InChI=1S/C43H52N6O8S2/c1-2-3-4-5-9-21-34(46-42(53)57-30-17-10-11-18-30)40(51)49-27-31(56-39-37(36-22-14-25-58-36)44-32-19-12-13-20-33(32)45-39)26-35(49)38(50)47-43(23-24-43)41(52)48-59(54,55)28-29-15-7-6-8-16-29/h2,6-8,12-13,15-16,19-20,22,30-31,34-35H,1,3-5,9-11,14,17-18,21,23-28H2,(H,46,53)(H,47,50)(H,48,52)/t31-,34+,35+/m1/s1. The number of hydrogen-bond acceptors (Lipinski definition) is 11. The molecule has 7 rings (SSSR count). The lowest BCUT2D eigenvalue weighted by Crippen LogP contribution is -2.57. The van der Waals surface area contributed by atoms with Crippen LogP contribution in [0.1, 0.15) is 94.7 Å². The van der Waals surface area contributed by atoms with Crippen molar-refractivity contribution >= 4 is 61.5 Å². The minimum Gasteiger partial charge on any atom is -0.471 e. The number of benzene rings is 2. The van der Waals surface area contributed by atoms with Gasteiger partial charge in [-0.2, -0.15) is 0 Å². The lowest BCUT2D eigenvalue weighted by Gasteiger charge is -2.29. The van der Waals surface area contributed by atoms with Crippen molar-refractivity contribution in [1.29, 1.82) is 0 Å². The first kappa shape index (κ1) is 42.2. The van der Waals surface area contributed by atoms with Gasteiger partial charge in [0.25, 0.3) is 5.91 Å². The fourth-order valence-corrected chi connectivity index (χ4v) is 10.0. The van der Waals surface area contributed by atoms with Gasteiger partial charge in [-0.3, -0.25) is 19.1 Å². The van der Waals surface area contributed by atoms with Crippen molar-refractivity contribution in [3.05, 3.63) is 84.6 Å². The number of hydrogen-bond donors (Lipinski definition) is 3. The van der Waals surface area contributed by atoms with Gasteiger partial charge in [-0.05, 0) is 81.9 Å². The number of para-hydroxylation sites is 2. The molecule has 4 aliphatic rings. The van der Waals surface area contributed by atoms with E-state index in [4.69, 9.17) is 19.4 Å². The Hall–Kier alpha value is -4.96. The predicted molar refractivity (Wildman–Crippen MR) is 225 cm³/mol. The minimum atomic E-state index is -4.08. The number of nitrogens with zero attached hydrogens (tertiary/aromatic N) is 3. The molecular weight excluding hydrogens is 793 g/mol. The SMILES string of the molecule is C=CCCCCC[C@H](NC(=O)OC1CCCC1)C(=O)N1C[C@H](Oc2nc3ccccc3nc2C2=CCCS2)C[C@H]1C(=O)NC1(C(=O)NS(=O)(=O)Cc2ccccc2)CC1. The summed E-state index contributed by atoms with van der Waals surface area (Å²) in [5.41, 5.74) is 0.947. The second kappa shape index (κ2) is 19.0. The number of likely N-dealkylation sites (tertiary alicyclic amines) is 1. The third kappa shape index (κ3) is 10.8. The number of carbonyl (C=O) groups is 4. The molecule has 3 aromatic rings. The van der Waals surface area contributed by atoms with Gasteiger partial charge in [0, 0.05) is 17.1 Å². The van der Waals surface area contributed by atoms with E-state index < -0.39 is 63.3 Å². The summed E-state index contributed by atoms with van der Waals surface area (Å²) in [6, 6.07) is 13.8. The molecule has 1 aromatic heterocycles. The van der Waals surface area contributed by atoms with Gasteiger partial charge < -0.3 is 25.0 Å². The third-order valence-corrected chi connectivity index (χ3v) is 13.5. The Morgan fingerprint density at radius 3 is 2.39 bits per heavy atom. The molecule has 2 saturated carbocycles. The maximum absolute atomic E-state index is 14.7. The number of unbranched alkanes of at least 4 members (excludes halogenated alkanes) is 3. The zero-order valence-corrected chi connectivity index (χ0v) is 34.7. The molecule has 314 valence electrons. The molecule has 0 radical (unpaired) electrons. The van der Waals surface area contributed by atoms with Crippen molar-refractivity contribution in [2.45, 2.75) is 119 Å². The summed E-state index contributed by atoms with van der Waals surface area (Å²) in [5.74, 6) is -1.19. The zero-order chi connectivity index (χ0) is 41.4. The Bertz CT molecular complexity index is 2170. The minimum absolute atomic E-state index is 0.0198. The molecule has 16 heteroatoms. The van der Waals surface area contributed by atoms with Gasteiger partial charge >= 0.3 is 6.09 Å². The number of amides is 4. The third-order valence-electron chi connectivity index (χ3n) is 11.2. The topological polar surface area (TPSA) is 186 Å². The molecule has 3 heterocycles. The second-order valence-corrected chi connectivity index (χ2v) is 18.6. The molecule has 2 aliphatic heterocycles. The van der Waals surface area contributed by atoms with E-state index in [-0.39, 0.29) is 37.8 Å². The first-order valence-corrected chi connectivity index (χ1v) is 23.2. The highest BCUT2D eigenvalue weighted by atomic mass is 32.2. The van der Waals surface area contributed by atoms with E-state index in [0.29, 0.717) is 35.1 Å². The zero-order valence-electron chi connectivity index (χ0n) is 33.1. The maximum Gasteiger partial charge on any atom is 0.408 e. The number of carbonyl (C=O) groups excluding carboxylic acids is 4. The summed E-state index contributed by atoms with van der Waals surface area (Å²) in [5, 5.41) is 5.63. The van der Waals surface area contributed by atoms with Gasteiger partial charge in [-0.25, -0.2) is 23.2 Å². The summed E-state index contributed by atoms with van der Waals surface area (Å²) in [6.07, 6.45) is 10.5. The summed E-state index contributed by atoms with van der Waals surface area (Å²) in [7, 11) is -4.08. The first-order chi connectivity index (χ1) is 28.5. The Kier molecular flexibility index (Phi) is 13.6. The number of sulfonamides is 1. The van der Waals surface area contributed by atoms with E-state index >= 15 is 0 Å². The summed E-state index contributed by atoms with van der Waals surface area (Å²) < 4.78 is 40.5. The van der Waals surface area contributed by atoms with Gasteiger partial charge in [0.2, 0.25) is 27.7 Å². The van der Waals surface area contributed by atoms with Gasteiger partial charge in [0.15, 0.2) is 0 Å². The molecule has 1 saturated heterocycles. The number of fused-ring (bicyclic) bond motifs is 1. The molecule has 4 amide bonds. The normalized spacial score (nSPS) is 20.4. The van der Waals surface area contributed by atoms with Gasteiger partial charge in [-0.15, -0.1) is 18.3 Å². The van der Waals surface area contributed by atoms with Crippen LogP contribution in [0.4, 0.5) is 4.79 Å². The van der Waals surface area contributed by atoms with Crippen LogP contribution < -0.4 is 20.1 Å². The summed E-state index contributed by atoms with van der Waals surface area (Å²) in [6.45, 7) is 3.77. The highest BCUT2D eigenvalue weighted by Crippen LogP contribution is 2.40. The van der Waals surface area contributed by atoms with Crippen LogP contribution in [-0.4, -0.2) is 89.2 Å². The van der Waals surface area contributed by atoms with Crippen LogP contribution in [0, 0.1) is 0 Å². The van der Waals surface area contributed by atoms with E-state index in [1.165, 1.54) is 4.90 Å². The smallest absolute Gasteiger partial charge is 0.408 e. The lowest BCUT2D eigenvalue weighted by molar-refractivity contribution is -0.141. The number of aromatic nitrogens is 2. The second-order valence-electron chi connectivity index (χ2n) is 15.7. The van der Waals surface area contributed by atoms with Crippen LogP contribution in [0.5, 0.6) is 5.88 Å². The molecule has 59 heavy (non-hydrogen) atoms. The summed E-state index contributed by atoms with van der Waals surface area (Å²) >= 11 is 1.65. The number of rotatable bonds is 18.